The molecule has 1 heterocycles. The van der Waals surface area contributed by atoms with E-state index in [2.05, 4.69) is 45.1 Å². The van der Waals surface area contributed by atoms with Gasteiger partial charge in [-0.25, -0.2) is 0 Å². The number of ether oxygens (including phenoxy) is 1. The zero-order valence-electron chi connectivity index (χ0n) is 18.5. The van der Waals surface area contributed by atoms with Crippen molar-refractivity contribution in [1.29, 1.82) is 0 Å². The van der Waals surface area contributed by atoms with Crippen LogP contribution in [0.5, 0.6) is 5.75 Å². The van der Waals surface area contributed by atoms with E-state index in [0.29, 0.717) is 29.0 Å². The number of nitrogens with one attached hydrogen (secondary N) is 1. The van der Waals surface area contributed by atoms with Crippen LogP contribution >= 0.6 is 0 Å². The highest BCUT2D eigenvalue weighted by atomic mass is 16.5. The van der Waals surface area contributed by atoms with Crippen LogP contribution in [0.1, 0.15) is 66.2 Å². The number of Topliss-reactive ketones (excluding diaryl/α,β-unsaturated/α-hetero) is 1. The molecule has 1 aromatic rings. The van der Waals surface area contributed by atoms with Gasteiger partial charge in [0.2, 0.25) is 0 Å². The molecule has 9 atom stereocenters. The normalized spacial score (nSPS) is 49.1. The Morgan fingerprint density at radius 1 is 1.00 bits per heavy atom. The number of para-hydroxylation sites is 1. The molecule has 1 saturated heterocycles. The fraction of sp³-hybridized carbons (Fsp3) is 0.731. The van der Waals surface area contributed by atoms with Crippen molar-refractivity contribution in [2.45, 2.75) is 78.0 Å². The number of hydrogen-bond donors (Lipinski definition) is 1. The van der Waals surface area contributed by atoms with Crippen molar-refractivity contribution >= 4 is 5.78 Å². The van der Waals surface area contributed by atoms with Crippen LogP contribution in [-0.2, 0) is 4.79 Å². The fourth-order valence-corrected chi connectivity index (χ4v) is 8.19. The topological polar surface area (TPSA) is 38.3 Å². The van der Waals surface area contributed by atoms with Gasteiger partial charge in [0.15, 0.2) is 6.23 Å². The number of carbonyl (C=O) groups excluding carboxylic acids is 1. The van der Waals surface area contributed by atoms with E-state index in [4.69, 9.17) is 4.74 Å². The zero-order chi connectivity index (χ0) is 20.4. The Labute approximate surface area is 176 Å². The summed E-state index contributed by atoms with van der Waals surface area (Å²) in [6.45, 7) is 9.66. The summed E-state index contributed by atoms with van der Waals surface area (Å²) in [7, 11) is 0. The van der Waals surface area contributed by atoms with Crippen LogP contribution in [0.2, 0.25) is 0 Å². The maximum atomic E-state index is 12.5. The third-order valence-electron chi connectivity index (χ3n) is 9.70. The van der Waals surface area contributed by atoms with Crippen LogP contribution in [0, 0.1) is 40.9 Å². The molecule has 29 heavy (non-hydrogen) atoms. The van der Waals surface area contributed by atoms with Crippen LogP contribution in [-0.4, -0.2) is 17.6 Å². The number of ketones is 1. The Morgan fingerprint density at radius 3 is 2.52 bits per heavy atom. The molecule has 1 aliphatic heterocycles. The maximum absolute atomic E-state index is 12.5. The molecular formula is C26H37NO2. The van der Waals surface area contributed by atoms with Crippen molar-refractivity contribution in [3.05, 3.63) is 30.3 Å². The van der Waals surface area contributed by atoms with E-state index in [1.165, 1.54) is 19.3 Å². The minimum atomic E-state index is 0.107. The average molecular weight is 396 g/mol. The Hall–Kier alpha value is -1.35. The number of fused-ring (bicyclic) bond motifs is 5. The van der Waals surface area contributed by atoms with Crippen LogP contribution < -0.4 is 10.1 Å². The van der Waals surface area contributed by atoms with Crippen LogP contribution in [0.15, 0.2) is 30.3 Å². The fourth-order valence-electron chi connectivity index (χ4n) is 8.19. The van der Waals surface area contributed by atoms with Crippen molar-refractivity contribution in [2.24, 2.45) is 40.9 Å². The standard InChI is InChI=1S/C26H37NO2/c1-16-14-20-17(2)22(28)11-12-25(20,3)19-10-13-26(4)21(24(16)19)15-23(27-26)29-18-8-6-5-7-9-18/h5-9,16-17,19-21,23-24,27H,10-15H2,1-4H3/t16?,17?,19-,20?,21+,23?,24-,25-,26+/m1/s1. The highest BCUT2D eigenvalue weighted by Gasteiger charge is 2.62. The van der Waals surface area contributed by atoms with Crippen molar-refractivity contribution in [3.8, 4) is 5.75 Å². The lowest BCUT2D eigenvalue weighted by Crippen LogP contribution is -2.60. The molecule has 4 fully saturated rings. The first kappa shape index (κ1) is 19.6. The van der Waals surface area contributed by atoms with Gasteiger partial charge in [0, 0.05) is 24.3 Å². The van der Waals surface area contributed by atoms with E-state index >= 15 is 0 Å². The molecule has 158 valence electrons. The number of benzene rings is 1. The lowest BCUT2D eigenvalue weighted by molar-refractivity contribution is -0.153. The third-order valence-corrected chi connectivity index (χ3v) is 9.70. The lowest BCUT2D eigenvalue weighted by Gasteiger charge is -2.62. The Morgan fingerprint density at radius 2 is 1.76 bits per heavy atom. The van der Waals surface area contributed by atoms with E-state index in [1.54, 1.807) is 0 Å². The summed E-state index contributed by atoms with van der Waals surface area (Å²) < 4.78 is 6.35. The van der Waals surface area contributed by atoms with Gasteiger partial charge in [-0.15, -0.1) is 0 Å². The predicted octanol–water partition coefficient (Wildman–Crippen LogP) is 5.45. The number of carbonyl (C=O) groups is 1. The van der Waals surface area contributed by atoms with Crippen molar-refractivity contribution in [2.75, 3.05) is 0 Å². The van der Waals surface area contributed by atoms with Gasteiger partial charge < -0.3 is 4.74 Å². The summed E-state index contributed by atoms with van der Waals surface area (Å²) in [6, 6.07) is 10.3. The zero-order valence-corrected chi connectivity index (χ0v) is 18.5. The van der Waals surface area contributed by atoms with Gasteiger partial charge in [-0.05, 0) is 79.7 Å². The SMILES string of the molecule is CC1C(=O)CC[C@@]2(C)C1CC(C)[C@@H]1[C@H]2CC[C@]2(C)NC(Oc3ccccc3)C[C@@H]12. The molecule has 3 aliphatic carbocycles. The lowest BCUT2D eigenvalue weighted by atomic mass is 9.42. The Balaban J connectivity index is 1.41. The molecule has 0 bridgehead atoms. The van der Waals surface area contributed by atoms with Gasteiger partial charge in [0.1, 0.15) is 11.5 Å². The van der Waals surface area contributed by atoms with Gasteiger partial charge in [-0.2, -0.15) is 0 Å². The van der Waals surface area contributed by atoms with Crippen molar-refractivity contribution in [3.63, 3.8) is 0 Å². The number of rotatable bonds is 2. The maximum Gasteiger partial charge on any atom is 0.150 e. The molecule has 3 nitrogen and oxygen atoms in total. The van der Waals surface area contributed by atoms with Crippen molar-refractivity contribution < 1.29 is 9.53 Å². The van der Waals surface area contributed by atoms with Crippen LogP contribution in [0.25, 0.3) is 0 Å². The highest BCUT2D eigenvalue weighted by molar-refractivity contribution is 5.82. The molecule has 0 aromatic heterocycles. The smallest absolute Gasteiger partial charge is 0.150 e. The molecule has 4 aliphatic rings. The first-order valence-electron chi connectivity index (χ1n) is 11.8. The monoisotopic (exact) mass is 395 g/mol. The quantitative estimate of drug-likeness (QED) is 0.724. The summed E-state index contributed by atoms with van der Waals surface area (Å²) in [6.07, 6.45) is 6.86. The number of hydrogen-bond acceptors (Lipinski definition) is 3. The molecule has 0 spiro atoms. The predicted molar refractivity (Wildman–Crippen MR) is 116 cm³/mol. The molecular weight excluding hydrogens is 358 g/mol. The van der Waals surface area contributed by atoms with Gasteiger partial charge in [0.05, 0.1) is 0 Å². The van der Waals surface area contributed by atoms with E-state index in [9.17, 15) is 4.79 Å². The Kier molecular flexibility index (Phi) is 4.62. The van der Waals surface area contributed by atoms with Crippen LogP contribution in [0.4, 0.5) is 0 Å². The van der Waals surface area contributed by atoms with E-state index in [-0.39, 0.29) is 17.7 Å². The van der Waals surface area contributed by atoms with Gasteiger partial charge in [0.25, 0.3) is 0 Å². The molecule has 1 N–H and O–H groups in total. The second-order valence-corrected chi connectivity index (χ2v) is 11.1. The largest absolute Gasteiger partial charge is 0.475 e. The first-order chi connectivity index (χ1) is 13.8. The highest BCUT2D eigenvalue weighted by Crippen LogP contribution is 2.65. The molecule has 1 aromatic carbocycles. The van der Waals surface area contributed by atoms with Crippen molar-refractivity contribution in [1.82, 2.24) is 5.32 Å². The van der Waals surface area contributed by atoms with E-state index < -0.39 is 0 Å². The summed E-state index contributed by atoms with van der Waals surface area (Å²) in [5, 5.41) is 3.90. The summed E-state index contributed by atoms with van der Waals surface area (Å²) in [5.41, 5.74) is 0.512. The van der Waals surface area contributed by atoms with Gasteiger partial charge in [-0.3, -0.25) is 10.1 Å². The second kappa shape index (κ2) is 6.83. The summed E-state index contributed by atoms with van der Waals surface area (Å²) in [4.78, 5) is 12.5. The van der Waals surface area contributed by atoms with E-state index in [0.717, 1.165) is 36.8 Å². The van der Waals surface area contributed by atoms with E-state index in [1.807, 2.05) is 18.2 Å². The molecule has 5 rings (SSSR count). The summed E-state index contributed by atoms with van der Waals surface area (Å²) >= 11 is 0. The summed E-state index contributed by atoms with van der Waals surface area (Å²) in [5.74, 6) is 5.15. The average Bonchev–Trinajstić information content (AvgIpc) is 3.03. The Bertz CT molecular complexity index is 778. The molecule has 0 amide bonds. The van der Waals surface area contributed by atoms with Crippen LogP contribution in [0.3, 0.4) is 0 Å². The van der Waals surface area contributed by atoms with Gasteiger partial charge >= 0.3 is 0 Å². The molecule has 0 radical (unpaired) electrons. The molecule has 3 heteroatoms. The minimum Gasteiger partial charge on any atom is -0.475 e. The molecule has 3 saturated carbocycles. The second-order valence-electron chi connectivity index (χ2n) is 11.1. The third kappa shape index (κ3) is 2.99. The van der Waals surface area contributed by atoms with Gasteiger partial charge in [-0.1, -0.05) is 39.0 Å². The minimum absolute atomic E-state index is 0.107. The first-order valence-corrected chi connectivity index (χ1v) is 11.8. The molecule has 4 unspecified atom stereocenters.